The number of hydrogen-bond donors (Lipinski definition) is 1. The van der Waals surface area contributed by atoms with Gasteiger partial charge in [-0.1, -0.05) is 6.07 Å². The second kappa shape index (κ2) is 6.86. The highest BCUT2D eigenvalue weighted by molar-refractivity contribution is 5.82. The van der Waals surface area contributed by atoms with E-state index >= 15 is 0 Å². The lowest BCUT2D eigenvalue weighted by atomic mass is 9.91. The Hall–Kier alpha value is -2.64. The first kappa shape index (κ1) is 16.2. The van der Waals surface area contributed by atoms with Gasteiger partial charge >= 0.3 is 6.09 Å². The summed E-state index contributed by atoms with van der Waals surface area (Å²) in [5.41, 5.74) is 0.636. The van der Waals surface area contributed by atoms with Gasteiger partial charge in [0.2, 0.25) is 0 Å². The number of anilines is 1. The first-order valence-electron chi connectivity index (χ1n) is 7.81. The monoisotopic (exact) mass is 334 g/mol. The molecule has 0 radical (unpaired) electrons. The van der Waals surface area contributed by atoms with Gasteiger partial charge in [0, 0.05) is 18.4 Å². The van der Waals surface area contributed by atoms with Crippen LogP contribution < -0.4 is 10.1 Å². The number of benzene rings is 1. The molecule has 1 aliphatic rings. The van der Waals surface area contributed by atoms with Crippen LogP contribution in [0.1, 0.15) is 30.7 Å². The normalized spacial score (nSPS) is 16.4. The van der Waals surface area contributed by atoms with Crippen LogP contribution in [0.5, 0.6) is 5.75 Å². The van der Waals surface area contributed by atoms with Crippen molar-refractivity contribution in [1.29, 1.82) is 0 Å². The van der Waals surface area contributed by atoms with Gasteiger partial charge < -0.3 is 9.47 Å². The molecule has 24 heavy (non-hydrogen) atoms. The molecule has 7 nitrogen and oxygen atoms in total. The minimum absolute atomic E-state index is 0.000509. The SMILES string of the molecule is CCOC(=O)Nc1nc2n(n1)CC(c1ccc(OC)cc1F)CC2. The maximum absolute atomic E-state index is 14.3. The summed E-state index contributed by atoms with van der Waals surface area (Å²) in [5, 5.41) is 6.74. The molecule has 128 valence electrons. The fraction of sp³-hybridized carbons (Fsp3) is 0.438. The number of nitrogens with zero attached hydrogens (tertiary/aromatic N) is 3. The zero-order valence-corrected chi connectivity index (χ0v) is 13.6. The van der Waals surface area contributed by atoms with Crippen LogP contribution in [0.15, 0.2) is 18.2 Å². The van der Waals surface area contributed by atoms with Gasteiger partial charge in [0.1, 0.15) is 17.4 Å². The van der Waals surface area contributed by atoms with Crippen LogP contribution in [0.25, 0.3) is 0 Å². The third-order valence-electron chi connectivity index (χ3n) is 3.99. The van der Waals surface area contributed by atoms with E-state index in [1.165, 1.54) is 13.2 Å². The summed E-state index contributed by atoms with van der Waals surface area (Å²) >= 11 is 0. The van der Waals surface area contributed by atoms with Crippen LogP contribution in [0, 0.1) is 5.82 Å². The molecular weight excluding hydrogens is 315 g/mol. The number of ether oxygens (including phenoxy) is 2. The van der Waals surface area contributed by atoms with E-state index in [0.717, 1.165) is 12.2 Å². The van der Waals surface area contributed by atoms with E-state index in [1.54, 1.807) is 23.7 Å². The minimum atomic E-state index is -0.585. The van der Waals surface area contributed by atoms with Gasteiger partial charge in [-0.15, -0.1) is 5.10 Å². The van der Waals surface area contributed by atoms with Gasteiger partial charge in [0.05, 0.1) is 20.3 Å². The van der Waals surface area contributed by atoms with Crippen LogP contribution in [-0.4, -0.2) is 34.6 Å². The molecule has 0 spiro atoms. The number of halogens is 1. The maximum Gasteiger partial charge on any atom is 0.414 e. The van der Waals surface area contributed by atoms with E-state index in [9.17, 15) is 9.18 Å². The summed E-state index contributed by atoms with van der Waals surface area (Å²) in [6.45, 7) is 2.51. The van der Waals surface area contributed by atoms with Crippen molar-refractivity contribution in [2.24, 2.45) is 0 Å². The Balaban J connectivity index is 1.75. The Kier molecular flexibility index (Phi) is 4.64. The van der Waals surface area contributed by atoms with Crippen LogP contribution in [0.3, 0.4) is 0 Å². The summed E-state index contributed by atoms with van der Waals surface area (Å²) in [5.74, 6) is 1.19. The molecule has 1 aromatic carbocycles. The molecule has 0 bridgehead atoms. The maximum atomic E-state index is 14.3. The second-order valence-corrected chi connectivity index (χ2v) is 5.50. The lowest BCUT2D eigenvalue weighted by molar-refractivity contribution is 0.167. The minimum Gasteiger partial charge on any atom is -0.497 e. The van der Waals surface area contributed by atoms with Crippen molar-refractivity contribution in [1.82, 2.24) is 14.8 Å². The molecule has 1 unspecified atom stereocenters. The van der Waals surface area contributed by atoms with Crippen molar-refractivity contribution in [2.45, 2.75) is 32.2 Å². The first-order valence-corrected chi connectivity index (χ1v) is 7.81. The van der Waals surface area contributed by atoms with Crippen molar-refractivity contribution in [3.05, 3.63) is 35.4 Å². The lowest BCUT2D eigenvalue weighted by Gasteiger charge is -2.23. The van der Waals surface area contributed by atoms with E-state index in [0.29, 0.717) is 24.3 Å². The standard InChI is InChI=1S/C16H19FN4O3/c1-3-24-16(22)19-15-18-14-7-4-10(9-21(14)20-15)12-6-5-11(23-2)8-13(12)17/h5-6,8,10H,3-4,7,9H2,1-2H3,(H,19,20,22). The van der Waals surface area contributed by atoms with Crippen molar-refractivity contribution < 1.29 is 18.7 Å². The van der Waals surface area contributed by atoms with E-state index in [-0.39, 0.29) is 24.3 Å². The third kappa shape index (κ3) is 3.32. The number of amides is 1. The van der Waals surface area contributed by atoms with Gasteiger partial charge in [-0.05, 0) is 25.0 Å². The Morgan fingerprint density at radius 3 is 3.04 bits per heavy atom. The number of aryl methyl sites for hydroxylation is 1. The van der Waals surface area contributed by atoms with Crippen LogP contribution in [0.2, 0.25) is 0 Å². The van der Waals surface area contributed by atoms with Crippen LogP contribution >= 0.6 is 0 Å². The Bertz CT molecular complexity index is 747. The van der Waals surface area contributed by atoms with Gasteiger partial charge in [-0.3, -0.25) is 5.32 Å². The summed E-state index contributed by atoms with van der Waals surface area (Å²) in [7, 11) is 1.51. The molecule has 0 saturated heterocycles. The molecule has 1 amide bonds. The Morgan fingerprint density at radius 1 is 1.50 bits per heavy atom. The van der Waals surface area contributed by atoms with Crippen LogP contribution in [0.4, 0.5) is 15.1 Å². The highest BCUT2D eigenvalue weighted by atomic mass is 19.1. The van der Waals surface area contributed by atoms with Gasteiger partial charge in [-0.25, -0.2) is 13.9 Å². The van der Waals surface area contributed by atoms with Gasteiger partial charge in [0.25, 0.3) is 5.95 Å². The highest BCUT2D eigenvalue weighted by Gasteiger charge is 2.25. The molecule has 0 fully saturated rings. The fourth-order valence-corrected chi connectivity index (χ4v) is 2.84. The second-order valence-electron chi connectivity index (χ2n) is 5.50. The van der Waals surface area contributed by atoms with Gasteiger partial charge in [0.15, 0.2) is 0 Å². The first-order chi connectivity index (χ1) is 11.6. The van der Waals surface area contributed by atoms with E-state index in [1.807, 2.05) is 0 Å². The van der Waals surface area contributed by atoms with E-state index in [4.69, 9.17) is 9.47 Å². The largest absolute Gasteiger partial charge is 0.497 e. The van der Waals surface area contributed by atoms with E-state index in [2.05, 4.69) is 15.4 Å². The zero-order valence-electron chi connectivity index (χ0n) is 13.6. The molecule has 1 atom stereocenters. The molecule has 8 heteroatoms. The number of methoxy groups -OCH3 is 1. The smallest absolute Gasteiger partial charge is 0.414 e. The molecular formula is C16H19FN4O3. The third-order valence-corrected chi connectivity index (χ3v) is 3.99. The predicted molar refractivity (Wildman–Crippen MR) is 84.7 cm³/mol. The van der Waals surface area contributed by atoms with Crippen LogP contribution in [-0.2, 0) is 17.7 Å². The number of aromatic nitrogens is 3. The fourth-order valence-electron chi connectivity index (χ4n) is 2.84. The molecule has 2 aromatic rings. The molecule has 1 aliphatic heterocycles. The lowest BCUT2D eigenvalue weighted by Crippen LogP contribution is -2.20. The average Bonchev–Trinajstić information content (AvgIpc) is 2.96. The summed E-state index contributed by atoms with van der Waals surface area (Å²) < 4.78 is 25.8. The average molecular weight is 334 g/mol. The van der Waals surface area contributed by atoms with Gasteiger partial charge in [-0.2, -0.15) is 4.98 Å². The Morgan fingerprint density at radius 2 is 2.33 bits per heavy atom. The Labute approximate surface area is 138 Å². The quantitative estimate of drug-likeness (QED) is 0.930. The van der Waals surface area contributed by atoms with Crippen molar-refractivity contribution in [2.75, 3.05) is 19.0 Å². The number of rotatable bonds is 4. The topological polar surface area (TPSA) is 78.3 Å². The number of carbonyl (C=O) groups excluding carboxylic acids is 1. The van der Waals surface area contributed by atoms with E-state index < -0.39 is 6.09 Å². The molecule has 0 aliphatic carbocycles. The number of carbonyl (C=O) groups is 1. The zero-order chi connectivity index (χ0) is 17.1. The van der Waals surface area contributed by atoms with Crippen molar-refractivity contribution >= 4 is 12.0 Å². The molecule has 1 N–H and O–H groups in total. The summed E-state index contributed by atoms with van der Waals surface area (Å²) in [6.07, 6.45) is 0.840. The summed E-state index contributed by atoms with van der Waals surface area (Å²) in [4.78, 5) is 15.7. The molecule has 2 heterocycles. The molecule has 1 aromatic heterocycles. The number of nitrogens with one attached hydrogen (secondary N) is 1. The van der Waals surface area contributed by atoms with Crippen molar-refractivity contribution in [3.8, 4) is 5.75 Å². The number of fused-ring (bicyclic) bond motifs is 1. The summed E-state index contributed by atoms with van der Waals surface area (Å²) in [6, 6.07) is 4.89. The highest BCUT2D eigenvalue weighted by Crippen LogP contribution is 2.31. The predicted octanol–water partition coefficient (Wildman–Crippen LogP) is 2.72. The molecule has 0 saturated carbocycles. The van der Waals surface area contributed by atoms with Crippen molar-refractivity contribution in [3.63, 3.8) is 0 Å². The molecule has 3 rings (SSSR count). The number of hydrogen-bond acceptors (Lipinski definition) is 5.